The van der Waals surface area contributed by atoms with E-state index in [9.17, 15) is 4.39 Å². The Morgan fingerprint density at radius 3 is 2.46 bits per heavy atom. The first-order chi connectivity index (χ1) is 6.36. The Kier molecular flexibility index (Phi) is 4.26. The average Bonchev–Trinajstić information content (AvgIpc) is 2.17. The van der Waals surface area contributed by atoms with Gasteiger partial charge in [-0.05, 0) is 30.7 Å². The molecule has 1 rings (SSSR count). The molecule has 0 bridgehead atoms. The van der Waals surface area contributed by atoms with E-state index in [1.165, 1.54) is 5.56 Å². The molecule has 0 aliphatic heterocycles. The van der Waals surface area contributed by atoms with Gasteiger partial charge in [0.15, 0.2) is 0 Å². The van der Waals surface area contributed by atoms with E-state index in [0.29, 0.717) is 13.1 Å². The van der Waals surface area contributed by atoms with Crippen molar-refractivity contribution in [3.63, 3.8) is 0 Å². The Hall–Kier alpha value is -1.09. The van der Waals surface area contributed by atoms with Crippen LogP contribution in [-0.4, -0.2) is 19.8 Å². The van der Waals surface area contributed by atoms with Gasteiger partial charge < -0.3 is 11.1 Å². The number of benzene rings is 1. The maximum absolute atomic E-state index is 11.8. The molecule has 0 fully saturated rings. The number of nitrogens with one attached hydrogen (secondary N) is 1. The lowest BCUT2D eigenvalue weighted by molar-refractivity contribution is 0.513. The van der Waals surface area contributed by atoms with E-state index in [4.69, 9.17) is 5.73 Å². The van der Waals surface area contributed by atoms with Gasteiger partial charge in [0, 0.05) is 12.2 Å². The Morgan fingerprint density at radius 2 is 1.92 bits per heavy atom. The zero-order valence-electron chi connectivity index (χ0n) is 7.59. The molecule has 1 aromatic rings. The Bertz CT molecular complexity index is 233. The maximum atomic E-state index is 11.8. The lowest BCUT2D eigenvalue weighted by atomic mass is 10.1. The first kappa shape index (κ1) is 9.99. The van der Waals surface area contributed by atoms with Crippen molar-refractivity contribution < 1.29 is 4.39 Å². The molecule has 0 saturated carbocycles. The van der Waals surface area contributed by atoms with Crippen molar-refractivity contribution in [1.29, 1.82) is 0 Å². The number of rotatable bonds is 5. The van der Waals surface area contributed by atoms with E-state index in [2.05, 4.69) is 5.32 Å². The smallest absolute Gasteiger partial charge is 0.107 e. The molecular formula is C10H15FN2. The summed E-state index contributed by atoms with van der Waals surface area (Å²) in [5, 5.41) is 2.96. The van der Waals surface area contributed by atoms with Crippen molar-refractivity contribution in [2.24, 2.45) is 5.73 Å². The van der Waals surface area contributed by atoms with Crippen LogP contribution in [0.3, 0.4) is 0 Å². The highest BCUT2D eigenvalue weighted by atomic mass is 19.1. The van der Waals surface area contributed by atoms with Crippen LogP contribution in [0, 0.1) is 0 Å². The summed E-state index contributed by atoms with van der Waals surface area (Å²) in [4.78, 5) is 0. The quantitative estimate of drug-likeness (QED) is 0.725. The topological polar surface area (TPSA) is 38.0 Å². The minimum atomic E-state index is -0.343. The van der Waals surface area contributed by atoms with Gasteiger partial charge in [-0.2, -0.15) is 0 Å². The lowest BCUT2D eigenvalue weighted by Crippen LogP contribution is -2.04. The zero-order valence-corrected chi connectivity index (χ0v) is 7.59. The highest BCUT2D eigenvalue weighted by Gasteiger charge is 1.92. The van der Waals surface area contributed by atoms with Crippen LogP contribution >= 0.6 is 0 Å². The van der Waals surface area contributed by atoms with Gasteiger partial charge in [0.25, 0.3) is 0 Å². The number of alkyl halides is 1. The zero-order chi connectivity index (χ0) is 9.52. The van der Waals surface area contributed by atoms with Crippen molar-refractivity contribution in [2.75, 3.05) is 25.1 Å². The molecule has 0 saturated heterocycles. The minimum absolute atomic E-state index is 0.343. The molecule has 0 spiro atoms. The summed E-state index contributed by atoms with van der Waals surface area (Å²) < 4.78 is 11.8. The molecule has 0 amide bonds. The number of hydrogen-bond donors (Lipinski definition) is 2. The monoisotopic (exact) mass is 182 g/mol. The fourth-order valence-corrected chi connectivity index (χ4v) is 1.15. The second-order valence-corrected chi connectivity index (χ2v) is 2.85. The standard InChI is InChI=1S/C10H15FN2/c11-6-8-13-10-3-1-9(2-4-10)5-7-12/h1-4,13H,5-8,12H2. The Morgan fingerprint density at radius 1 is 1.23 bits per heavy atom. The molecule has 0 aromatic heterocycles. The predicted molar refractivity (Wildman–Crippen MR) is 53.7 cm³/mol. The normalized spacial score (nSPS) is 10.0. The molecule has 3 heteroatoms. The number of halogens is 1. The van der Waals surface area contributed by atoms with Crippen molar-refractivity contribution in [3.05, 3.63) is 29.8 Å². The van der Waals surface area contributed by atoms with E-state index in [-0.39, 0.29) is 6.67 Å². The van der Waals surface area contributed by atoms with Crippen LogP contribution in [0.15, 0.2) is 24.3 Å². The van der Waals surface area contributed by atoms with Crippen LogP contribution in [0.25, 0.3) is 0 Å². The summed E-state index contributed by atoms with van der Waals surface area (Å²) in [5.74, 6) is 0. The molecule has 0 heterocycles. The summed E-state index contributed by atoms with van der Waals surface area (Å²) in [6.45, 7) is 0.693. The van der Waals surface area contributed by atoms with E-state index in [1.54, 1.807) is 0 Å². The fourth-order valence-electron chi connectivity index (χ4n) is 1.15. The number of anilines is 1. The van der Waals surface area contributed by atoms with E-state index >= 15 is 0 Å². The fraction of sp³-hybridized carbons (Fsp3) is 0.400. The van der Waals surface area contributed by atoms with Crippen LogP contribution in [0.4, 0.5) is 10.1 Å². The molecule has 3 N–H and O–H groups in total. The molecule has 0 radical (unpaired) electrons. The summed E-state index contributed by atoms with van der Waals surface area (Å²) in [6.07, 6.45) is 0.892. The number of hydrogen-bond acceptors (Lipinski definition) is 2. The molecule has 0 aliphatic rings. The third-order valence-electron chi connectivity index (χ3n) is 1.81. The molecule has 13 heavy (non-hydrogen) atoms. The van der Waals surface area contributed by atoms with Gasteiger partial charge in [-0.15, -0.1) is 0 Å². The van der Waals surface area contributed by atoms with E-state index in [1.807, 2.05) is 24.3 Å². The lowest BCUT2D eigenvalue weighted by Gasteiger charge is -2.04. The second kappa shape index (κ2) is 5.54. The summed E-state index contributed by atoms with van der Waals surface area (Å²) >= 11 is 0. The van der Waals surface area contributed by atoms with Gasteiger partial charge in [0.2, 0.25) is 0 Å². The molecule has 72 valence electrons. The van der Waals surface area contributed by atoms with Crippen molar-refractivity contribution in [1.82, 2.24) is 0 Å². The van der Waals surface area contributed by atoms with Crippen LogP contribution in [-0.2, 0) is 6.42 Å². The summed E-state index contributed by atoms with van der Waals surface area (Å²) in [5.41, 5.74) is 7.59. The predicted octanol–water partition coefficient (Wildman–Crippen LogP) is 1.57. The highest BCUT2D eigenvalue weighted by molar-refractivity contribution is 5.44. The second-order valence-electron chi connectivity index (χ2n) is 2.85. The van der Waals surface area contributed by atoms with Gasteiger partial charge in [-0.3, -0.25) is 0 Å². The molecular weight excluding hydrogens is 167 g/mol. The van der Waals surface area contributed by atoms with Gasteiger partial charge in [-0.1, -0.05) is 12.1 Å². The first-order valence-electron chi connectivity index (χ1n) is 4.45. The molecule has 0 aliphatic carbocycles. The first-order valence-corrected chi connectivity index (χ1v) is 4.45. The van der Waals surface area contributed by atoms with Gasteiger partial charge in [0.1, 0.15) is 6.67 Å². The van der Waals surface area contributed by atoms with Crippen LogP contribution < -0.4 is 11.1 Å². The van der Waals surface area contributed by atoms with Crippen LogP contribution in [0.5, 0.6) is 0 Å². The Labute approximate surface area is 77.9 Å². The van der Waals surface area contributed by atoms with Crippen molar-refractivity contribution in [2.45, 2.75) is 6.42 Å². The highest BCUT2D eigenvalue weighted by Crippen LogP contribution is 2.09. The van der Waals surface area contributed by atoms with Gasteiger partial charge >= 0.3 is 0 Å². The summed E-state index contributed by atoms with van der Waals surface area (Å²) in [7, 11) is 0. The SMILES string of the molecule is NCCc1ccc(NCCF)cc1. The maximum Gasteiger partial charge on any atom is 0.107 e. The van der Waals surface area contributed by atoms with Crippen LogP contribution in [0.2, 0.25) is 0 Å². The third-order valence-corrected chi connectivity index (χ3v) is 1.81. The van der Waals surface area contributed by atoms with Crippen molar-refractivity contribution >= 4 is 5.69 Å². The number of nitrogens with two attached hydrogens (primary N) is 1. The van der Waals surface area contributed by atoms with E-state index in [0.717, 1.165) is 12.1 Å². The van der Waals surface area contributed by atoms with E-state index < -0.39 is 0 Å². The van der Waals surface area contributed by atoms with Crippen LogP contribution in [0.1, 0.15) is 5.56 Å². The van der Waals surface area contributed by atoms with Gasteiger partial charge in [0.05, 0.1) is 0 Å². The summed E-state index contributed by atoms with van der Waals surface area (Å²) in [6, 6.07) is 7.90. The average molecular weight is 182 g/mol. The largest absolute Gasteiger partial charge is 0.382 e. The third kappa shape index (κ3) is 3.42. The molecule has 0 unspecified atom stereocenters. The minimum Gasteiger partial charge on any atom is -0.382 e. The molecule has 2 nitrogen and oxygen atoms in total. The Balaban J connectivity index is 2.48. The van der Waals surface area contributed by atoms with Gasteiger partial charge in [-0.25, -0.2) is 4.39 Å². The van der Waals surface area contributed by atoms with Crippen molar-refractivity contribution in [3.8, 4) is 0 Å². The molecule has 1 aromatic carbocycles. The molecule has 0 atom stereocenters.